The number of hydrogen-bond acceptors (Lipinski definition) is 6. The lowest BCUT2D eigenvalue weighted by atomic mass is 10.2. The highest BCUT2D eigenvalue weighted by Crippen LogP contribution is 2.17. The average molecular weight is 359 g/mol. The van der Waals surface area contributed by atoms with Crippen LogP contribution in [0.2, 0.25) is 0 Å². The summed E-state index contributed by atoms with van der Waals surface area (Å²) in [5.41, 5.74) is 0.0131. The SMILES string of the molecule is CCOc1ccc(OCCNC(=O)COC(=O)c2ccccc2O)cc1. The van der Waals surface area contributed by atoms with Crippen LogP contribution in [-0.4, -0.2) is 43.3 Å². The molecule has 2 rings (SSSR count). The van der Waals surface area contributed by atoms with Crippen LogP contribution in [0.3, 0.4) is 0 Å². The summed E-state index contributed by atoms with van der Waals surface area (Å²) in [4.78, 5) is 23.4. The molecule has 0 fully saturated rings. The van der Waals surface area contributed by atoms with Gasteiger partial charge in [-0.3, -0.25) is 4.79 Å². The fourth-order valence-electron chi connectivity index (χ4n) is 2.06. The summed E-state index contributed by atoms with van der Waals surface area (Å²) in [5, 5.41) is 12.1. The number of ether oxygens (including phenoxy) is 3. The van der Waals surface area contributed by atoms with Crippen LogP contribution >= 0.6 is 0 Å². The predicted octanol–water partition coefficient (Wildman–Crippen LogP) is 2.14. The molecule has 0 bridgehead atoms. The van der Waals surface area contributed by atoms with Gasteiger partial charge in [-0.25, -0.2) is 4.79 Å². The number of phenols is 1. The maximum atomic E-state index is 11.8. The van der Waals surface area contributed by atoms with Gasteiger partial charge >= 0.3 is 5.97 Å². The number of aromatic hydroxyl groups is 1. The quantitative estimate of drug-likeness (QED) is 0.526. The molecule has 0 aliphatic heterocycles. The van der Waals surface area contributed by atoms with Crippen molar-refractivity contribution in [2.45, 2.75) is 6.92 Å². The Labute approximate surface area is 151 Å². The minimum Gasteiger partial charge on any atom is -0.507 e. The van der Waals surface area contributed by atoms with Crippen LogP contribution in [0.25, 0.3) is 0 Å². The zero-order valence-electron chi connectivity index (χ0n) is 14.4. The molecule has 0 aliphatic rings. The van der Waals surface area contributed by atoms with Gasteiger partial charge in [-0.1, -0.05) is 12.1 Å². The van der Waals surface area contributed by atoms with Gasteiger partial charge in [-0.15, -0.1) is 0 Å². The number of rotatable bonds is 9. The van der Waals surface area contributed by atoms with Crippen LogP contribution < -0.4 is 14.8 Å². The molecule has 0 atom stereocenters. The molecule has 0 saturated carbocycles. The van der Waals surface area contributed by atoms with Crippen molar-refractivity contribution in [2.24, 2.45) is 0 Å². The first kappa shape index (κ1) is 19.1. The number of esters is 1. The summed E-state index contributed by atoms with van der Waals surface area (Å²) in [6.07, 6.45) is 0. The van der Waals surface area contributed by atoms with E-state index in [1.54, 1.807) is 36.4 Å². The third kappa shape index (κ3) is 6.01. The highest BCUT2D eigenvalue weighted by atomic mass is 16.5. The van der Waals surface area contributed by atoms with Gasteiger partial charge < -0.3 is 24.6 Å². The Hall–Kier alpha value is -3.22. The zero-order valence-corrected chi connectivity index (χ0v) is 14.4. The molecule has 0 aliphatic carbocycles. The van der Waals surface area contributed by atoms with Crippen LogP contribution in [-0.2, 0) is 9.53 Å². The number of carbonyl (C=O) groups excluding carboxylic acids is 2. The Bertz CT molecular complexity index is 729. The molecule has 2 aromatic carbocycles. The maximum absolute atomic E-state index is 11.8. The third-order valence-corrected chi connectivity index (χ3v) is 3.29. The number of para-hydroxylation sites is 1. The number of nitrogens with one attached hydrogen (secondary N) is 1. The molecule has 1 amide bonds. The molecule has 2 N–H and O–H groups in total. The molecule has 7 nitrogen and oxygen atoms in total. The first-order valence-corrected chi connectivity index (χ1v) is 8.17. The van der Waals surface area contributed by atoms with E-state index in [1.165, 1.54) is 12.1 Å². The lowest BCUT2D eigenvalue weighted by molar-refractivity contribution is -0.124. The van der Waals surface area contributed by atoms with Gasteiger partial charge in [0.1, 0.15) is 29.4 Å². The van der Waals surface area contributed by atoms with Crippen LogP contribution in [0.5, 0.6) is 17.2 Å². The second-order valence-electron chi connectivity index (χ2n) is 5.20. The van der Waals surface area contributed by atoms with E-state index in [0.29, 0.717) is 12.4 Å². The lowest BCUT2D eigenvalue weighted by Crippen LogP contribution is -2.32. The highest BCUT2D eigenvalue weighted by Gasteiger charge is 2.13. The fourth-order valence-corrected chi connectivity index (χ4v) is 2.06. The molecule has 0 spiro atoms. The molecular weight excluding hydrogens is 338 g/mol. The van der Waals surface area contributed by atoms with Crippen LogP contribution in [0.4, 0.5) is 0 Å². The van der Waals surface area contributed by atoms with Gasteiger partial charge in [0.2, 0.25) is 0 Å². The van der Waals surface area contributed by atoms with E-state index in [-0.39, 0.29) is 24.5 Å². The van der Waals surface area contributed by atoms with Gasteiger partial charge in [0.15, 0.2) is 6.61 Å². The Morgan fingerprint density at radius 2 is 1.65 bits per heavy atom. The Kier molecular flexibility index (Phi) is 7.30. The standard InChI is InChI=1S/C19H21NO6/c1-2-24-14-7-9-15(10-8-14)25-12-11-20-18(22)13-26-19(23)16-5-3-4-6-17(16)21/h3-10,21H,2,11-13H2,1H3,(H,20,22). The first-order chi connectivity index (χ1) is 12.6. The topological polar surface area (TPSA) is 94.1 Å². The van der Waals surface area contributed by atoms with Crippen molar-refractivity contribution in [1.82, 2.24) is 5.32 Å². The molecule has 0 saturated heterocycles. The fraction of sp³-hybridized carbons (Fsp3) is 0.263. The summed E-state index contributed by atoms with van der Waals surface area (Å²) in [7, 11) is 0. The Morgan fingerprint density at radius 1 is 1.00 bits per heavy atom. The van der Waals surface area contributed by atoms with Crippen molar-refractivity contribution in [3.05, 3.63) is 54.1 Å². The van der Waals surface area contributed by atoms with E-state index in [0.717, 1.165) is 5.75 Å². The summed E-state index contributed by atoms with van der Waals surface area (Å²) in [6, 6.07) is 13.1. The second-order valence-corrected chi connectivity index (χ2v) is 5.20. The minimum atomic E-state index is -0.760. The number of benzene rings is 2. The van der Waals surface area contributed by atoms with Crippen LogP contribution in [0.1, 0.15) is 17.3 Å². The number of carbonyl (C=O) groups is 2. The summed E-state index contributed by atoms with van der Waals surface area (Å²) < 4.78 is 15.7. The monoisotopic (exact) mass is 359 g/mol. The highest BCUT2D eigenvalue weighted by molar-refractivity contribution is 5.93. The van der Waals surface area contributed by atoms with Gasteiger partial charge in [0.05, 0.1) is 13.2 Å². The smallest absolute Gasteiger partial charge is 0.342 e. The number of phenolic OH excluding ortho intramolecular Hbond substituents is 1. The summed E-state index contributed by atoms with van der Waals surface area (Å²) >= 11 is 0. The van der Waals surface area contributed by atoms with Crippen molar-refractivity contribution in [1.29, 1.82) is 0 Å². The Balaban J connectivity index is 1.64. The normalized spacial score (nSPS) is 10.0. The zero-order chi connectivity index (χ0) is 18.8. The third-order valence-electron chi connectivity index (χ3n) is 3.29. The van der Waals surface area contributed by atoms with Gasteiger partial charge in [-0.05, 0) is 43.3 Å². The lowest BCUT2D eigenvalue weighted by Gasteiger charge is -2.09. The van der Waals surface area contributed by atoms with Crippen molar-refractivity contribution in [3.63, 3.8) is 0 Å². The van der Waals surface area contributed by atoms with E-state index in [4.69, 9.17) is 14.2 Å². The van der Waals surface area contributed by atoms with E-state index in [1.807, 2.05) is 6.92 Å². The van der Waals surface area contributed by atoms with E-state index >= 15 is 0 Å². The van der Waals surface area contributed by atoms with Crippen molar-refractivity contribution < 1.29 is 28.9 Å². The molecule has 7 heteroatoms. The second kappa shape index (κ2) is 9.93. The molecule has 0 unspecified atom stereocenters. The van der Waals surface area contributed by atoms with E-state index in [2.05, 4.69) is 5.32 Å². The first-order valence-electron chi connectivity index (χ1n) is 8.17. The molecule has 2 aromatic rings. The predicted molar refractivity (Wildman–Crippen MR) is 94.5 cm³/mol. The average Bonchev–Trinajstić information content (AvgIpc) is 2.65. The van der Waals surface area contributed by atoms with Crippen LogP contribution in [0, 0.1) is 0 Å². The van der Waals surface area contributed by atoms with Crippen molar-refractivity contribution >= 4 is 11.9 Å². The molecule has 26 heavy (non-hydrogen) atoms. The molecule has 0 heterocycles. The Morgan fingerprint density at radius 3 is 2.31 bits per heavy atom. The van der Waals surface area contributed by atoms with Gasteiger partial charge in [0, 0.05) is 0 Å². The van der Waals surface area contributed by atoms with E-state index in [9.17, 15) is 14.7 Å². The molecule has 0 radical (unpaired) electrons. The van der Waals surface area contributed by atoms with Gasteiger partial charge in [-0.2, -0.15) is 0 Å². The maximum Gasteiger partial charge on any atom is 0.342 e. The van der Waals surface area contributed by atoms with Crippen LogP contribution in [0.15, 0.2) is 48.5 Å². The summed E-state index contributed by atoms with van der Waals surface area (Å²) in [5.74, 6) is 0.0164. The van der Waals surface area contributed by atoms with Crippen molar-refractivity contribution in [3.8, 4) is 17.2 Å². The van der Waals surface area contributed by atoms with E-state index < -0.39 is 18.5 Å². The molecule has 0 aromatic heterocycles. The largest absolute Gasteiger partial charge is 0.507 e. The van der Waals surface area contributed by atoms with Gasteiger partial charge in [0.25, 0.3) is 5.91 Å². The number of hydrogen-bond donors (Lipinski definition) is 2. The molecule has 138 valence electrons. The molecular formula is C19H21NO6. The minimum absolute atomic E-state index is 0.0131. The number of amides is 1. The van der Waals surface area contributed by atoms with Crippen molar-refractivity contribution in [2.75, 3.05) is 26.4 Å². The summed E-state index contributed by atoms with van der Waals surface area (Å²) in [6.45, 7) is 2.61.